The second kappa shape index (κ2) is 8.42. The molecule has 1 aliphatic rings. The summed E-state index contributed by atoms with van der Waals surface area (Å²) in [6.45, 7) is 3.32. The van der Waals surface area contributed by atoms with Crippen LogP contribution in [0.5, 0.6) is 0 Å². The molecule has 0 aliphatic heterocycles. The van der Waals surface area contributed by atoms with E-state index in [-0.39, 0.29) is 5.91 Å². The Hall–Kier alpha value is -2.88. The van der Waals surface area contributed by atoms with Crippen LogP contribution in [0, 0.1) is 17.2 Å². The predicted octanol–water partition coefficient (Wildman–Crippen LogP) is 3.36. The fraction of sp³-hybridized carbons (Fsp3) is 0.524. The summed E-state index contributed by atoms with van der Waals surface area (Å²) in [7, 11) is 0. The van der Waals surface area contributed by atoms with Crippen LogP contribution in [0.4, 0.5) is 5.82 Å². The van der Waals surface area contributed by atoms with Crippen molar-refractivity contribution in [2.24, 2.45) is 5.92 Å². The molecular formula is C21H26N4O3. The monoisotopic (exact) mass is 382 g/mol. The Labute approximate surface area is 164 Å². The summed E-state index contributed by atoms with van der Waals surface area (Å²) in [4.78, 5) is 28.8. The zero-order valence-corrected chi connectivity index (χ0v) is 16.3. The van der Waals surface area contributed by atoms with Gasteiger partial charge in [-0.2, -0.15) is 10.2 Å². The highest BCUT2D eigenvalue weighted by atomic mass is 16.4. The summed E-state index contributed by atoms with van der Waals surface area (Å²) in [5, 5.41) is 15.9. The predicted molar refractivity (Wildman–Crippen MR) is 107 cm³/mol. The van der Waals surface area contributed by atoms with Crippen LogP contribution < -0.4 is 16.4 Å². The second-order valence-electron chi connectivity index (χ2n) is 7.99. The van der Waals surface area contributed by atoms with Crippen LogP contribution in [0.25, 0.3) is 11.0 Å². The molecule has 2 N–H and O–H groups in total. The minimum absolute atomic E-state index is 0.267. The number of para-hydroxylation sites is 1. The molecule has 0 spiro atoms. The van der Waals surface area contributed by atoms with Crippen molar-refractivity contribution in [3.63, 3.8) is 0 Å². The van der Waals surface area contributed by atoms with Gasteiger partial charge in [-0.05, 0) is 38.3 Å². The Balaban J connectivity index is 1.89. The summed E-state index contributed by atoms with van der Waals surface area (Å²) >= 11 is 0. The third-order valence-corrected chi connectivity index (χ3v) is 5.18. The van der Waals surface area contributed by atoms with E-state index < -0.39 is 17.3 Å². The molecule has 0 unspecified atom stereocenters. The van der Waals surface area contributed by atoms with Crippen molar-refractivity contribution >= 4 is 22.7 Å². The number of nitriles is 1. The normalized spacial score (nSPS) is 16.3. The van der Waals surface area contributed by atoms with E-state index in [0.29, 0.717) is 29.1 Å². The van der Waals surface area contributed by atoms with Gasteiger partial charge in [0.2, 0.25) is 5.91 Å². The Morgan fingerprint density at radius 3 is 2.75 bits per heavy atom. The maximum atomic E-state index is 13.0. The Morgan fingerprint density at radius 1 is 1.32 bits per heavy atom. The lowest BCUT2D eigenvalue weighted by Crippen LogP contribution is -2.50. The van der Waals surface area contributed by atoms with Crippen LogP contribution in [-0.2, 0) is 4.79 Å². The number of nitrogens with one attached hydrogen (secondary N) is 2. The molecule has 3 rings (SSSR count). The molecule has 1 fully saturated rings. The van der Waals surface area contributed by atoms with Crippen molar-refractivity contribution in [1.29, 1.82) is 5.26 Å². The van der Waals surface area contributed by atoms with Gasteiger partial charge in [-0.3, -0.25) is 4.79 Å². The van der Waals surface area contributed by atoms with Gasteiger partial charge in [0.1, 0.15) is 23.0 Å². The largest absolute Gasteiger partial charge is 0.441 e. The SMILES string of the molecule is CC(C)(C#N)NC(=O)[C@H](CC1CCCCC1)Nc1nc(=O)oc2ccccc12. The first-order chi connectivity index (χ1) is 13.4. The summed E-state index contributed by atoms with van der Waals surface area (Å²) < 4.78 is 5.14. The van der Waals surface area contributed by atoms with E-state index >= 15 is 0 Å². The molecule has 1 saturated carbocycles. The number of benzene rings is 1. The van der Waals surface area contributed by atoms with Gasteiger partial charge in [0, 0.05) is 0 Å². The van der Waals surface area contributed by atoms with Crippen molar-refractivity contribution in [2.75, 3.05) is 5.32 Å². The lowest BCUT2D eigenvalue weighted by molar-refractivity contribution is -0.123. The first-order valence-corrected chi connectivity index (χ1v) is 9.78. The molecule has 1 aliphatic carbocycles. The average Bonchev–Trinajstić information content (AvgIpc) is 2.68. The molecule has 7 heteroatoms. The number of hydrogen-bond donors (Lipinski definition) is 2. The molecule has 1 amide bonds. The highest BCUT2D eigenvalue weighted by molar-refractivity contribution is 5.91. The number of anilines is 1. The van der Waals surface area contributed by atoms with Gasteiger partial charge in [0.15, 0.2) is 0 Å². The van der Waals surface area contributed by atoms with Gasteiger partial charge in [-0.1, -0.05) is 44.2 Å². The minimum atomic E-state index is -0.977. The van der Waals surface area contributed by atoms with E-state index in [1.54, 1.807) is 32.0 Å². The van der Waals surface area contributed by atoms with E-state index in [4.69, 9.17) is 4.42 Å². The number of rotatable bonds is 6. The van der Waals surface area contributed by atoms with Crippen molar-refractivity contribution < 1.29 is 9.21 Å². The molecule has 148 valence electrons. The zero-order valence-electron chi connectivity index (χ0n) is 16.3. The Bertz CT molecular complexity index is 939. The lowest BCUT2D eigenvalue weighted by Gasteiger charge is -2.29. The van der Waals surface area contributed by atoms with Crippen LogP contribution >= 0.6 is 0 Å². The highest BCUT2D eigenvalue weighted by Gasteiger charge is 2.29. The van der Waals surface area contributed by atoms with E-state index in [2.05, 4.69) is 21.7 Å². The number of aromatic nitrogens is 1. The molecule has 0 saturated heterocycles. The van der Waals surface area contributed by atoms with Gasteiger partial charge >= 0.3 is 5.76 Å². The van der Waals surface area contributed by atoms with Crippen LogP contribution in [-0.4, -0.2) is 22.5 Å². The number of carbonyl (C=O) groups excluding carboxylic acids is 1. The van der Waals surface area contributed by atoms with Gasteiger partial charge < -0.3 is 15.1 Å². The zero-order chi connectivity index (χ0) is 20.1. The number of amides is 1. The van der Waals surface area contributed by atoms with Crippen LogP contribution in [0.3, 0.4) is 0 Å². The topological polar surface area (TPSA) is 108 Å². The van der Waals surface area contributed by atoms with E-state index in [1.807, 2.05) is 6.07 Å². The first-order valence-electron chi connectivity index (χ1n) is 9.78. The number of carbonyl (C=O) groups is 1. The fourth-order valence-corrected chi connectivity index (χ4v) is 3.71. The maximum absolute atomic E-state index is 13.0. The van der Waals surface area contributed by atoms with Crippen molar-refractivity contribution in [3.05, 3.63) is 34.8 Å². The van der Waals surface area contributed by atoms with Crippen LogP contribution in [0.15, 0.2) is 33.5 Å². The van der Waals surface area contributed by atoms with Crippen molar-refractivity contribution in [2.45, 2.75) is 64.0 Å². The molecule has 28 heavy (non-hydrogen) atoms. The fourth-order valence-electron chi connectivity index (χ4n) is 3.71. The van der Waals surface area contributed by atoms with Crippen LogP contribution in [0.2, 0.25) is 0 Å². The van der Waals surface area contributed by atoms with Crippen LogP contribution in [0.1, 0.15) is 52.4 Å². The van der Waals surface area contributed by atoms with Gasteiger partial charge in [-0.25, -0.2) is 4.79 Å². The molecule has 1 aromatic carbocycles. The standard InChI is InChI=1S/C21H26N4O3/c1-21(2,13-22)25-19(26)16(12-14-8-4-3-5-9-14)23-18-15-10-6-7-11-17(15)28-20(27)24-18/h6-7,10-11,14,16H,3-5,8-9,12H2,1-2H3,(H,25,26)(H,23,24,27)/t16-/m0/s1. The summed E-state index contributed by atoms with van der Waals surface area (Å²) in [5.74, 6) is -0.224. The lowest BCUT2D eigenvalue weighted by atomic mass is 9.84. The average molecular weight is 382 g/mol. The molecule has 1 atom stereocenters. The molecule has 0 bridgehead atoms. The van der Waals surface area contributed by atoms with Gasteiger partial charge in [0.05, 0.1) is 11.5 Å². The second-order valence-corrected chi connectivity index (χ2v) is 7.99. The van der Waals surface area contributed by atoms with E-state index in [1.165, 1.54) is 19.3 Å². The summed E-state index contributed by atoms with van der Waals surface area (Å²) in [6, 6.07) is 8.59. The number of fused-ring (bicyclic) bond motifs is 1. The van der Waals surface area contributed by atoms with E-state index in [0.717, 1.165) is 12.8 Å². The molecule has 1 aromatic heterocycles. The van der Waals surface area contributed by atoms with Crippen molar-refractivity contribution in [1.82, 2.24) is 10.3 Å². The number of nitrogens with zero attached hydrogens (tertiary/aromatic N) is 2. The van der Waals surface area contributed by atoms with Gasteiger partial charge in [0.25, 0.3) is 0 Å². The van der Waals surface area contributed by atoms with Crippen molar-refractivity contribution in [3.8, 4) is 6.07 Å². The summed E-state index contributed by atoms with van der Waals surface area (Å²) in [5.41, 5.74) is -0.561. The molecular weight excluding hydrogens is 356 g/mol. The van der Waals surface area contributed by atoms with Gasteiger partial charge in [-0.15, -0.1) is 0 Å². The molecule has 1 heterocycles. The van der Waals surface area contributed by atoms with E-state index in [9.17, 15) is 14.9 Å². The third-order valence-electron chi connectivity index (χ3n) is 5.18. The number of hydrogen-bond acceptors (Lipinski definition) is 6. The first kappa shape index (κ1) is 19.9. The third kappa shape index (κ3) is 4.89. The highest BCUT2D eigenvalue weighted by Crippen LogP contribution is 2.29. The summed E-state index contributed by atoms with van der Waals surface area (Å²) in [6.07, 6.45) is 6.35. The quantitative estimate of drug-likeness (QED) is 0.793. The minimum Gasteiger partial charge on any atom is -0.408 e. The molecule has 2 aromatic rings. The Morgan fingerprint density at radius 2 is 2.04 bits per heavy atom. The smallest absolute Gasteiger partial charge is 0.408 e. The molecule has 7 nitrogen and oxygen atoms in total. The Kier molecular flexibility index (Phi) is 5.98. The molecule has 0 radical (unpaired) electrons. The maximum Gasteiger partial charge on any atom is 0.441 e.